The molecule has 0 aromatic carbocycles. The van der Waals surface area contributed by atoms with E-state index in [0.29, 0.717) is 0 Å². The van der Waals surface area contributed by atoms with Crippen molar-refractivity contribution in [2.75, 3.05) is 20.3 Å². The van der Waals surface area contributed by atoms with Crippen LogP contribution in [0, 0.1) is 0 Å². The number of hydrogen-bond donors (Lipinski definition) is 1. The molecular formula is C14H21NO6. The predicted octanol–water partition coefficient (Wildman–Crippen LogP) is 1.32. The third kappa shape index (κ3) is 7.96. The Labute approximate surface area is 123 Å². The van der Waals surface area contributed by atoms with E-state index in [0.717, 1.165) is 37.8 Å². The summed E-state index contributed by atoms with van der Waals surface area (Å²) in [6.07, 6.45) is 6.59. The molecule has 1 amide bonds. The Morgan fingerprint density at radius 2 is 1.76 bits per heavy atom. The Kier molecular flexibility index (Phi) is 7.93. The van der Waals surface area contributed by atoms with Crippen molar-refractivity contribution < 1.29 is 28.6 Å². The van der Waals surface area contributed by atoms with Crippen molar-refractivity contribution in [3.63, 3.8) is 0 Å². The van der Waals surface area contributed by atoms with Crippen LogP contribution in [0.4, 0.5) is 4.79 Å². The number of ether oxygens (including phenoxy) is 3. The van der Waals surface area contributed by atoms with Gasteiger partial charge in [-0.1, -0.05) is 6.42 Å². The van der Waals surface area contributed by atoms with E-state index in [9.17, 15) is 14.4 Å². The second-order valence-electron chi connectivity index (χ2n) is 4.62. The zero-order valence-electron chi connectivity index (χ0n) is 12.1. The summed E-state index contributed by atoms with van der Waals surface area (Å²) >= 11 is 0. The lowest BCUT2D eigenvalue weighted by Gasteiger charge is -2.21. The average molecular weight is 299 g/mol. The van der Waals surface area contributed by atoms with Crippen molar-refractivity contribution in [3.05, 3.63) is 12.2 Å². The number of alkyl carbamates (subject to hydrolysis) is 1. The van der Waals surface area contributed by atoms with E-state index in [2.05, 4.69) is 10.1 Å². The molecule has 0 aliphatic heterocycles. The molecule has 0 spiro atoms. The zero-order valence-corrected chi connectivity index (χ0v) is 12.1. The molecule has 1 N–H and O–H groups in total. The minimum Gasteiger partial charge on any atom is -0.466 e. The summed E-state index contributed by atoms with van der Waals surface area (Å²) in [6.45, 7) is 0.160. The molecule has 7 heteroatoms. The molecule has 0 aromatic heterocycles. The second-order valence-corrected chi connectivity index (χ2v) is 4.62. The number of carbonyl (C=O) groups excluding carboxylic acids is 3. The van der Waals surface area contributed by atoms with Crippen LogP contribution >= 0.6 is 0 Å². The number of rotatable bonds is 6. The number of nitrogens with one attached hydrogen (secondary N) is 1. The van der Waals surface area contributed by atoms with Gasteiger partial charge in [0.25, 0.3) is 0 Å². The lowest BCUT2D eigenvalue weighted by Crippen LogP contribution is -2.32. The van der Waals surface area contributed by atoms with Gasteiger partial charge in [-0.05, 0) is 25.7 Å². The molecular weight excluding hydrogens is 278 g/mol. The highest BCUT2D eigenvalue weighted by molar-refractivity contribution is 5.91. The van der Waals surface area contributed by atoms with E-state index < -0.39 is 18.0 Å². The standard InChI is InChI=1S/C14H21NO6/c1-19-12(16)7-8-13(17)20-10-9-15-14(18)21-11-5-3-2-4-6-11/h7-8,11H,2-6,9-10H2,1H3,(H,15,18)/b8-7+. The molecule has 118 valence electrons. The van der Waals surface area contributed by atoms with Crippen molar-refractivity contribution in [3.8, 4) is 0 Å². The van der Waals surface area contributed by atoms with Crippen molar-refractivity contribution in [1.82, 2.24) is 5.32 Å². The number of esters is 2. The van der Waals surface area contributed by atoms with Gasteiger partial charge in [0.1, 0.15) is 12.7 Å². The van der Waals surface area contributed by atoms with Gasteiger partial charge in [-0.3, -0.25) is 0 Å². The lowest BCUT2D eigenvalue weighted by atomic mass is 9.98. The summed E-state index contributed by atoms with van der Waals surface area (Å²) in [6, 6.07) is 0. The molecule has 0 unspecified atom stereocenters. The fourth-order valence-corrected chi connectivity index (χ4v) is 1.93. The molecule has 0 saturated heterocycles. The first-order valence-electron chi connectivity index (χ1n) is 6.99. The average Bonchev–Trinajstić information content (AvgIpc) is 2.50. The second kappa shape index (κ2) is 9.79. The number of amides is 1. The van der Waals surface area contributed by atoms with Gasteiger partial charge in [0.2, 0.25) is 0 Å². The largest absolute Gasteiger partial charge is 0.466 e. The van der Waals surface area contributed by atoms with Crippen LogP contribution in [0.5, 0.6) is 0 Å². The fraction of sp³-hybridized carbons (Fsp3) is 0.643. The van der Waals surface area contributed by atoms with Gasteiger partial charge in [-0.15, -0.1) is 0 Å². The maximum absolute atomic E-state index is 11.5. The van der Waals surface area contributed by atoms with Crippen LogP contribution in [0.2, 0.25) is 0 Å². The van der Waals surface area contributed by atoms with Crippen LogP contribution in [0.15, 0.2) is 12.2 Å². The van der Waals surface area contributed by atoms with E-state index in [4.69, 9.17) is 9.47 Å². The first kappa shape index (κ1) is 17.0. The molecule has 0 radical (unpaired) electrons. The Morgan fingerprint density at radius 3 is 2.43 bits per heavy atom. The third-order valence-corrected chi connectivity index (χ3v) is 3.00. The van der Waals surface area contributed by atoms with Gasteiger partial charge in [-0.25, -0.2) is 14.4 Å². The van der Waals surface area contributed by atoms with Crippen LogP contribution in [0.25, 0.3) is 0 Å². The monoisotopic (exact) mass is 299 g/mol. The fourth-order valence-electron chi connectivity index (χ4n) is 1.93. The van der Waals surface area contributed by atoms with Crippen LogP contribution < -0.4 is 5.32 Å². The molecule has 1 rings (SSSR count). The number of carbonyl (C=O) groups is 3. The molecule has 0 atom stereocenters. The van der Waals surface area contributed by atoms with Gasteiger partial charge in [0.05, 0.1) is 13.7 Å². The number of hydrogen-bond acceptors (Lipinski definition) is 6. The summed E-state index contributed by atoms with van der Waals surface area (Å²) in [4.78, 5) is 33.4. The maximum atomic E-state index is 11.5. The van der Waals surface area contributed by atoms with Crippen molar-refractivity contribution in [2.24, 2.45) is 0 Å². The molecule has 1 aliphatic carbocycles. The van der Waals surface area contributed by atoms with Crippen LogP contribution in [-0.2, 0) is 23.8 Å². The summed E-state index contributed by atoms with van der Waals surface area (Å²) in [5.74, 6) is -1.32. The molecule has 0 bridgehead atoms. The van der Waals surface area contributed by atoms with E-state index in [-0.39, 0.29) is 19.3 Å². The van der Waals surface area contributed by atoms with Gasteiger partial charge < -0.3 is 19.5 Å². The molecule has 7 nitrogen and oxygen atoms in total. The summed E-state index contributed by atoms with van der Waals surface area (Å²) in [5.41, 5.74) is 0. The normalized spacial score (nSPS) is 15.5. The first-order valence-corrected chi connectivity index (χ1v) is 6.99. The van der Waals surface area contributed by atoms with Crippen molar-refractivity contribution in [2.45, 2.75) is 38.2 Å². The minimum absolute atomic E-state index is 0.00408. The van der Waals surface area contributed by atoms with E-state index in [1.165, 1.54) is 13.5 Å². The quantitative estimate of drug-likeness (QED) is 0.344. The highest BCUT2D eigenvalue weighted by Crippen LogP contribution is 2.20. The van der Waals surface area contributed by atoms with E-state index in [1.807, 2.05) is 0 Å². The summed E-state index contributed by atoms with van der Waals surface area (Å²) < 4.78 is 14.3. The Bertz CT molecular complexity index is 387. The van der Waals surface area contributed by atoms with Gasteiger partial charge in [0, 0.05) is 12.2 Å². The molecule has 21 heavy (non-hydrogen) atoms. The highest BCUT2D eigenvalue weighted by atomic mass is 16.6. The van der Waals surface area contributed by atoms with Crippen LogP contribution in [0.3, 0.4) is 0 Å². The smallest absolute Gasteiger partial charge is 0.407 e. The Morgan fingerprint density at radius 1 is 1.10 bits per heavy atom. The van der Waals surface area contributed by atoms with Crippen LogP contribution in [0.1, 0.15) is 32.1 Å². The maximum Gasteiger partial charge on any atom is 0.407 e. The lowest BCUT2D eigenvalue weighted by molar-refractivity contribution is -0.139. The Balaban J connectivity index is 2.07. The molecule has 0 aromatic rings. The molecule has 0 heterocycles. The molecule has 1 saturated carbocycles. The SMILES string of the molecule is COC(=O)/C=C/C(=O)OCCNC(=O)OC1CCCCC1. The van der Waals surface area contributed by atoms with Crippen molar-refractivity contribution in [1.29, 1.82) is 0 Å². The topological polar surface area (TPSA) is 90.9 Å². The van der Waals surface area contributed by atoms with Crippen LogP contribution in [-0.4, -0.2) is 44.4 Å². The number of methoxy groups -OCH3 is 1. The van der Waals surface area contributed by atoms with E-state index >= 15 is 0 Å². The van der Waals surface area contributed by atoms with Gasteiger partial charge >= 0.3 is 18.0 Å². The Hall–Kier alpha value is -2.05. The summed E-state index contributed by atoms with van der Waals surface area (Å²) in [5, 5.41) is 2.51. The molecule has 1 aliphatic rings. The summed E-state index contributed by atoms with van der Waals surface area (Å²) in [7, 11) is 1.21. The zero-order chi connectivity index (χ0) is 15.5. The predicted molar refractivity (Wildman–Crippen MR) is 73.5 cm³/mol. The highest BCUT2D eigenvalue weighted by Gasteiger charge is 2.17. The molecule has 1 fully saturated rings. The van der Waals surface area contributed by atoms with E-state index in [1.54, 1.807) is 0 Å². The minimum atomic E-state index is -0.678. The van der Waals surface area contributed by atoms with Gasteiger partial charge in [-0.2, -0.15) is 0 Å². The third-order valence-electron chi connectivity index (χ3n) is 3.00. The first-order chi connectivity index (χ1) is 10.1. The van der Waals surface area contributed by atoms with Crippen molar-refractivity contribution >= 4 is 18.0 Å². The van der Waals surface area contributed by atoms with Gasteiger partial charge in [0.15, 0.2) is 0 Å².